The molecule has 0 radical (unpaired) electrons. The Morgan fingerprint density at radius 3 is 2.62 bits per heavy atom. The molecule has 0 atom stereocenters. The van der Waals surface area contributed by atoms with E-state index in [4.69, 9.17) is 21.1 Å². The van der Waals surface area contributed by atoms with Crippen LogP contribution in [-0.2, 0) is 14.8 Å². The van der Waals surface area contributed by atoms with Crippen LogP contribution in [0.5, 0.6) is 5.75 Å². The van der Waals surface area contributed by atoms with Gasteiger partial charge in [-0.15, -0.1) is 0 Å². The van der Waals surface area contributed by atoms with Crippen molar-refractivity contribution in [2.45, 2.75) is 18.2 Å². The van der Waals surface area contributed by atoms with Gasteiger partial charge in [-0.05, 0) is 30.7 Å². The van der Waals surface area contributed by atoms with E-state index < -0.39 is 10.0 Å². The molecule has 1 aromatic heterocycles. The number of rotatable bonds is 10. The van der Waals surface area contributed by atoms with Crippen LogP contribution in [-0.4, -0.2) is 69.7 Å². The molecule has 1 aliphatic heterocycles. The van der Waals surface area contributed by atoms with E-state index in [0.29, 0.717) is 43.3 Å². The minimum atomic E-state index is -3.71. The Balaban J connectivity index is 1.59. The monoisotopic (exact) mass is 546 g/mol. The van der Waals surface area contributed by atoms with Crippen molar-refractivity contribution in [2.24, 2.45) is 0 Å². The summed E-state index contributed by atoms with van der Waals surface area (Å²) in [5, 5.41) is 6.49. The van der Waals surface area contributed by atoms with Crippen LogP contribution in [0.4, 0.5) is 28.8 Å². The Labute approximate surface area is 222 Å². The maximum absolute atomic E-state index is 13.1. The Bertz CT molecular complexity index is 1330. The quantitative estimate of drug-likeness (QED) is 0.380. The molecular formula is C25H31ClN6O4S. The van der Waals surface area contributed by atoms with Gasteiger partial charge >= 0.3 is 0 Å². The standard InChI is InChI=1S/C25H31ClN6O4S/c1-4-11-31(2)37(33,34)23-8-6-5-7-21(23)28-24-19(26)17-27-25(30-24)29-20-10-9-18(16-22(20)35-3)32-12-14-36-15-13-32/h5-10,16-17H,4,11-15H2,1-3H3,(H2,27,28,29,30). The van der Waals surface area contributed by atoms with Crippen molar-refractivity contribution in [1.29, 1.82) is 0 Å². The molecule has 0 saturated carbocycles. The van der Waals surface area contributed by atoms with E-state index >= 15 is 0 Å². The number of aromatic nitrogens is 2. The molecule has 0 unspecified atom stereocenters. The van der Waals surface area contributed by atoms with Crippen molar-refractivity contribution < 1.29 is 17.9 Å². The fourth-order valence-electron chi connectivity index (χ4n) is 3.96. The van der Waals surface area contributed by atoms with Crippen molar-refractivity contribution in [3.63, 3.8) is 0 Å². The fourth-order valence-corrected chi connectivity index (χ4v) is 5.51. The number of para-hydroxylation sites is 1. The predicted molar refractivity (Wildman–Crippen MR) is 146 cm³/mol. The Hall–Kier alpha value is -3.12. The zero-order chi connectivity index (χ0) is 26.4. The van der Waals surface area contributed by atoms with Gasteiger partial charge in [-0.25, -0.2) is 17.7 Å². The van der Waals surface area contributed by atoms with Gasteiger partial charge in [-0.2, -0.15) is 4.98 Å². The number of sulfonamides is 1. The Kier molecular flexibility index (Phi) is 8.70. The molecule has 37 heavy (non-hydrogen) atoms. The van der Waals surface area contributed by atoms with E-state index in [1.54, 1.807) is 38.4 Å². The first-order valence-corrected chi connectivity index (χ1v) is 13.8. The van der Waals surface area contributed by atoms with Crippen molar-refractivity contribution >= 4 is 50.5 Å². The van der Waals surface area contributed by atoms with Gasteiger partial charge in [0.05, 0.1) is 37.9 Å². The summed E-state index contributed by atoms with van der Waals surface area (Å²) in [6, 6.07) is 12.5. The van der Waals surface area contributed by atoms with Gasteiger partial charge < -0.3 is 25.0 Å². The number of hydrogen-bond acceptors (Lipinski definition) is 9. The van der Waals surface area contributed by atoms with Crippen molar-refractivity contribution in [3.8, 4) is 5.75 Å². The van der Waals surface area contributed by atoms with Crippen molar-refractivity contribution in [3.05, 3.63) is 53.7 Å². The SMILES string of the molecule is CCCN(C)S(=O)(=O)c1ccccc1Nc1nc(Nc2ccc(N3CCOCC3)cc2OC)ncc1Cl. The second-order valence-corrected chi connectivity index (χ2v) is 10.9. The van der Waals surface area contributed by atoms with Gasteiger partial charge in [-0.1, -0.05) is 30.7 Å². The van der Waals surface area contributed by atoms with Crippen LogP contribution < -0.4 is 20.3 Å². The average Bonchev–Trinajstić information content (AvgIpc) is 2.91. The van der Waals surface area contributed by atoms with Crippen LogP contribution in [0.15, 0.2) is 53.6 Å². The van der Waals surface area contributed by atoms with Crippen LogP contribution in [0.3, 0.4) is 0 Å². The summed E-state index contributed by atoms with van der Waals surface area (Å²) in [7, 11) is -0.540. The first-order chi connectivity index (χ1) is 17.8. The molecule has 0 aliphatic carbocycles. The lowest BCUT2D eigenvalue weighted by Gasteiger charge is -2.29. The third-order valence-electron chi connectivity index (χ3n) is 5.92. The summed E-state index contributed by atoms with van der Waals surface area (Å²) in [5.74, 6) is 1.17. The number of nitrogens with zero attached hydrogens (tertiary/aromatic N) is 4. The van der Waals surface area contributed by atoms with Crippen LogP contribution in [0, 0.1) is 0 Å². The smallest absolute Gasteiger partial charge is 0.244 e. The maximum atomic E-state index is 13.1. The topological polar surface area (TPSA) is 109 Å². The minimum absolute atomic E-state index is 0.135. The first-order valence-electron chi connectivity index (χ1n) is 12.0. The largest absolute Gasteiger partial charge is 0.494 e. The Morgan fingerprint density at radius 1 is 1.14 bits per heavy atom. The number of methoxy groups -OCH3 is 1. The number of hydrogen-bond donors (Lipinski definition) is 2. The summed E-state index contributed by atoms with van der Waals surface area (Å²) >= 11 is 6.38. The van der Waals surface area contributed by atoms with Crippen LogP contribution >= 0.6 is 11.6 Å². The summed E-state index contributed by atoms with van der Waals surface area (Å²) < 4.78 is 38.6. The molecule has 3 aromatic rings. The summed E-state index contributed by atoms with van der Waals surface area (Å²) in [6.45, 7) is 5.35. The number of morpholine rings is 1. The van der Waals surface area contributed by atoms with Gasteiger partial charge in [0.1, 0.15) is 15.7 Å². The second-order valence-electron chi connectivity index (χ2n) is 8.45. The zero-order valence-corrected chi connectivity index (χ0v) is 22.6. The van der Waals surface area contributed by atoms with Gasteiger partial charge in [0.15, 0.2) is 5.82 Å². The zero-order valence-electron chi connectivity index (χ0n) is 21.1. The molecule has 2 aromatic carbocycles. The normalized spacial score (nSPS) is 14.0. The first kappa shape index (κ1) is 26.9. The minimum Gasteiger partial charge on any atom is -0.494 e. The van der Waals surface area contributed by atoms with Gasteiger partial charge in [0.25, 0.3) is 0 Å². The van der Waals surface area contributed by atoms with Crippen molar-refractivity contribution in [2.75, 3.05) is 62.5 Å². The lowest BCUT2D eigenvalue weighted by molar-refractivity contribution is 0.122. The molecule has 0 amide bonds. The van der Waals surface area contributed by atoms with Crippen LogP contribution in [0.2, 0.25) is 5.02 Å². The van der Waals surface area contributed by atoms with E-state index in [2.05, 4.69) is 25.5 Å². The van der Waals surface area contributed by atoms with E-state index in [1.807, 2.05) is 25.1 Å². The average molecular weight is 547 g/mol. The summed E-state index contributed by atoms with van der Waals surface area (Å²) in [5.41, 5.74) is 2.08. The van der Waals surface area contributed by atoms with Gasteiger partial charge in [0.2, 0.25) is 16.0 Å². The maximum Gasteiger partial charge on any atom is 0.244 e. The third kappa shape index (κ3) is 6.24. The highest BCUT2D eigenvalue weighted by molar-refractivity contribution is 7.89. The number of halogens is 1. The third-order valence-corrected chi connectivity index (χ3v) is 8.11. The van der Waals surface area contributed by atoms with E-state index in [1.165, 1.54) is 10.5 Å². The Morgan fingerprint density at radius 2 is 1.89 bits per heavy atom. The molecular weight excluding hydrogens is 516 g/mol. The molecule has 0 bridgehead atoms. The summed E-state index contributed by atoms with van der Waals surface area (Å²) in [6.07, 6.45) is 2.16. The second kappa shape index (κ2) is 12.0. The van der Waals surface area contributed by atoms with Crippen LogP contribution in [0.25, 0.3) is 0 Å². The number of ether oxygens (including phenoxy) is 2. The van der Waals surface area contributed by atoms with E-state index in [9.17, 15) is 8.42 Å². The molecule has 1 aliphatic rings. The number of benzene rings is 2. The highest BCUT2D eigenvalue weighted by Crippen LogP contribution is 2.33. The number of nitrogens with one attached hydrogen (secondary N) is 2. The van der Waals surface area contributed by atoms with E-state index in [-0.39, 0.29) is 21.7 Å². The van der Waals surface area contributed by atoms with Gasteiger partial charge in [-0.3, -0.25) is 0 Å². The van der Waals surface area contributed by atoms with Gasteiger partial charge in [0, 0.05) is 38.4 Å². The number of anilines is 5. The molecule has 198 valence electrons. The lowest BCUT2D eigenvalue weighted by atomic mass is 10.2. The fraction of sp³-hybridized carbons (Fsp3) is 0.360. The summed E-state index contributed by atoms with van der Waals surface area (Å²) in [4.78, 5) is 11.2. The van der Waals surface area contributed by atoms with Crippen LogP contribution in [0.1, 0.15) is 13.3 Å². The molecule has 0 spiro atoms. The molecule has 2 heterocycles. The molecule has 1 saturated heterocycles. The molecule has 2 N–H and O–H groups in total. The predicted octanol–water partition coefficient (Wildman–Crippen LogP) is 4.49. The molecule has 1 fully saturated rings. The molecule has 4 rings (SSSR count). The highest BCUT2D eigenvalue weighted by Gasteiger charge is 2.24. The lowest BCUT2D eigenvalue weighted by Crippen LogP contribution is -2.36. The van der Waals surface area contributed by atoms with E-state index in [0.717, 1.165) is 18.8 Å². The highest BCUT2D eigenvalue weighted by atomic mass is 35.5. The molecule has 12 heteroatoms. The molecule has 10 nitrogen and oxygen atoms in total. The van der Waals surface area contributed by atoms with Crippen molar-refractivity contribution in [1.82, 2.24) is 14.3 Å².